The SMILES string of the molecule is COc1ccc(COc2c(Cl)cc(-n3cnc(C(=O)N(O)Cc4ccc(Oc5ccccc5)cc4)n3)cc2Cl)cc1. The van der Waals surface area contributed by atoms with Crippen molar-refractivity contribution in [2.75, 3.05) is 7.11 Å². The Morgan fingerprint density at radius 2 is 1.49 bits per heavy atom. The van der Waals surface area contributed by atoms with Crippen molar-refractivity contribution >= 4 is 29.1 Å². The summed E-state index contributed by atoms with van der Waals surface area (Å²) in [6, 6.07) is 27.0. The van der Waals surface area contributed by atoms with Gasteiger partial charge in [-0.15, -0.1) is 5.10 Å². The van der Waals surface area contributed by atoms with E-state index in [-0.39, 0.29) is 29.0 Å². The quantitative estimate of drug-likeness (QED) is 0.138. The minimum atomic E-state index is -0.773. The average Bonchev–Trinajstić information content (AvgIpc) is 3.48. The molecule has 0 aliphatic rings. The Bertz CT molecular complexity index is 1600. The molecular formula is C30H24Cl2N4O5. The van der Waals surface area contributed by atoms with Gasteiger partial charge in [0.2, 0.25) is 5.82 Å². The van der Waals surface area contributed by atoms with Crippen molar-refractivity contribution in [1.29, 1.82) is 0 Å². The number of hydrogen-bond donors (Lipinski definition) is 1. The van der Waals surface area contributed by atoms with Crippen LogP contribution in [0, 0.1) is 0 Å². The predicted octanol–water partition coefficient (Wildman–Crippen LogP) is 6.99. The van der Waals surface area contributed by atoms with Crippen LogP contribution in [0.3, 0.4) is 0 Å². The van der Waals surface area contributed by atoms with Gasteiger partial charge < -0.3 is 14.2 Å². The van der Waals surface area contributed by atoms with Gasteiger partial charge in [-0.1, -0.05) is 65.7 Å². The fourth-order valence-corrected chi connectivity index (χ4v) is 4.41. The molecule has 41 heavy (non-hydrogen) atoms. The Labute approximate surface area is 246 Å². The van der Waals surface area contributed by atoms with Crippen molar-refractivity contribution in [3.8, 4) is 28.7 Å². The van der Waals surface area contributed by atoms with Crippen LogP contribution in [0.15, 0.2) is 97.3 Å². The summed E-state index contributed by atoms with van der Waals surface area (Å²) in [7, 11) is 1.60. The average molecular weight is 591 g/mol. The molecule has 1 amide bonds. The number of carbonyl (C=O) groups excluding carboxylic acids is 1. The van der Waals surface area contributed by atoms with Gasteiger partial charge >= 0.3 is 5.91 Å². The highest BCUT2D eigenvalue weighted by Gasteiger charge is 2.20. The van der Waals surface area contributed by atoms with E-state index in [0.717, 1.165) is 11.3 Å². The lowest BCUT2D eigenvalue weighted by atomic mass is 10.2. The minimum absolute atomic E-state index is 0.0725. The Balaban J connectivity index is 1.21. The van der Waals surface area contributed by atoms with Crippen molar-refractivity contribution in [2.24, 2.45) is 0 Å². The van der Waals surface area contributed by atoms with Gasteiger partial charge in [-0.05, 0) is 59.7 Å². The van der Waals surface area contributed by atoms with Crippen LogP contribution in [0.2, 0.25) is 10.0 Å². The number of para-hydroxylation sites is 1. The lowest BCUT2D eigenvalue weighted by molar-refractivity contribution is -0.0656. The maximum absolute atomic E-state index is 12.8. The molecule has 4 aromatic carbocycles. The first-order valence-electron chi connectivity index (χ1n) is 12.4. The van der Waals surface area contributed by atoms with E-state index in [1.807, 2.05) is 54.6 Å². The summed E-state index contributed by atoms with van der Waals surface area (Å²) in [6.45, 7) is 0.177. The Hall–Kier alpha value is -4.57. The third kappa shape index (κ3) is 6.96. The fraction of sp³-hybridized carbons (Fsp3) is 0.100. The fourth-order valence-electron chi connectivity index (χ4n) is 3.83. The maximum Gasteiger partial charge on any atom is 0.317 e. The second-order valence-electron chi connectivity index (χ2n) is 8.81. The van der Waals surface area contributed by atoms with Gasteiger partial charge in [-0.3, -0.25) is 10.0 Å². The number of ether oxygens (including phenoxy) is 3. The van der Waals surface area contributed by atoms with E-state index in [1.165, 1.54) is 11.0 Å². The van der Waals surface area contributed by atoms with Crippen molar-refractivity contribution < 1.29 is 24.2 Å². The third-order valence-corrected chi connectivity index (χ3v) is 6.50. The summed E-state index contributed by atoms with van der Waals surface area (Å²) >= 11 is 12.9. The normalized spacial score (nSPS) is 10.7. The summed E-state index contributed by atoms with van der Waals surface area (Å²) in [5.41, 5.74) is 2.05. The number of amides is 1. The van der Waals surface area contributed by atoms with Crippen molar-refractivity contribution in [3.05, 3.63) is 124 Å². The van der Waals surface area contributed by atoms with Crippen LogP contribution in [-0.4, -0.2) is 38.1 Å². The first-order valence-corrected chi connectivity index (χ1v) is 13.1. The van der Waals surface area contributed by atoms with Crippen LogP contribution < -0.4 is 14.2 Å². The van der Waals surface area contributed by atoms with Gasteiger partial charge in [0.1, 0.15) is 30.2 Å². The molecule has 5 aromatic rings. The molecule has 0 fully saturated rings. The van der Waals surface area contributed by atoms with Crippen molar-refractivity contribution in [1.82, 2.24) is 19.8 Å². The molecule has 0 unspecified atom stereocenters. The van der Waals surface area contributed by atoms with Gasteiger partial charge in [-0.25, -0.2) is 14.7 Å². The number of carbonyl (C=O) groups is 1. The summed E-state index contributed by atoms with van der Waals surface area (Å²) in [5.74, 6) is 1.41. The highest BCUT2D eigenvalue weighted by Crippen LogP contribution is 2.36. The van der Waals surface area contributed by atoms with E-state index in [2.05, 4.69) is 10.1 Å². The summed E-state index contributed by atoms with van der Waals surface area (Å²) in [6.07, 6.45) is 1.33. The molecule has 1 aromatic heterocycles. The summed E-state index contributed by atoms with van der Waals surface area (Å²) in [5, 5.41) is 15.7. The third-order valence-electron chi connectivity index (χ3n) is 5.94. The van der Waals surface area contributed by atoms with E-state index in [9.17, 15) is 10.0 Å². The smallest absolute Gasteiger partial charge is 0.317 e. The molecule has 0 spiro atoms. The molecule has 0 radical (unpaired) electrons. The number of aromatic nitrogens is 3. The number of benzene rings is 4. The van der Waals surface area contributed by atoms with E-state index in [4.69, 9.17) is 37.4 Å². The summed E-state index contributed by atoms with van der Waals surface area (Å²) < 4.78 is 18.1. The first kappa shape index (κ1) is 28.0. The second-order valence-corrected chi connectivity index (χ2v) is 9.62. The first-order chi connectivity index (χ1) is 19.9. The van der Waals surface area contributed by atoms with Crippen LogP contribution in [0.25, 0.3) is 5.69 Å². The number of nitrogens with zero attached hydrogens (tertiary/aromatic N) is 4. The molecule has 0 aliphatic carbocycles. The van der Waals surface area contributed by atoms with Gasteiger partial charge in [0.05, 0.1) is 29.4 Å². The topological polar surface area (TPSA) is 98.9 Å². The Morgan fingerprint density at radius 1 is 0.878 bits per heavy atom. The van der Waals surface area contributed by atoms with E-state index in [1.54, 1.807) is 43.5 Å². The lowest BCUT2D eigenvalue weighted by Gasteiger charge is -2.14. The predicted molar refractivity (Wildman–Crippen MR) is 153 cm³/mol. The number of rotatable bonds is 10. The van der Waals surface area contributed by atoms with Gasteiger partial charge in [0.25, 0.3) is 0 Å². The molecule has 0 saturated heterocycles. The molecule has 0 bridgehead atoms. The van der Waals surface area contributed by atoms with Gasteiger partial charge in [-0.2, -0.15) is 0 Å². The van der Waals surface area contributed by atoms with Crippen LogP contribution in [0.4, 0.5) is 0 Å². The second kappa shape index (κ2) is 12.7. The molecule has 0 aliphatic heterocycles. The Morgan fingerprint density at radius 3 is 2.15 bits per heavy atom. The molecule has 11 heteroatoms. The molecule has 1 N–H and O–H groups in total. The molecule has 0 saturated carbocycles. The molecular weight excluding hydrogens is 567 g/mol. The molecule has 0 atom stereocenters. The maximum atomic E-state index is 12.8. The van der Waals surface area contributed by atoms with Crippen LogP contribution >= 0.6 is 23.2 Å². The standard InChI is InChI=1S/C30H24Cl2N4O5/c1-39-23-11-9-21(10-12-23)18-40-28-26(31)15-22(16-27(28)32)35-19-33-29(34-35)30(37)36(38)17-20-7-13-25(14-8-20)41-24-5-3-2-4-6-24/h2-16,19,38H,17-18H2,1H3. The number of halogens is 2. The monoisotopic (exact) mass is 590 g/mol. The van der Waals surface area contributed by atoms with Crippen molar-refractivity contribution in [2.45, 2.75) is 13.2 Å². The zero-order valence-corrected chi connectivity index (χ0v) is 23.3. The minimum Gasteiger partial charge on any atom is -0.497 e. The zero-order valence-electron chi connectivity index (χ0n) is 21.8. The number of hydroxylamine groups is 2. The molecule has 5 rings (SSSR count). The van der Waals surface area contributed by atoms with Gasteiger partial charge in [0.15, 0.2) is 5.75 Å². The molecule has 9 nitrogen and oxygen atoms in total. The van der Waals surface area contributed by atoms with Crippen molar-refractivity contribution in [3.63, 3.8) is 0 Å². The highest BCUT2D eigenvalue weighted by atomic mass is 35.5. The van der Waals surface area contributed by atoms with Gasteiger partial charge in [0, 0.05) is 0 Å². The van der Waals surface area contributed by atoms with E-state index < -0.39 is 5.91 Å². The largest absolute Gasteiger partial charge is 0.497 e. The number of methoxy groups -OCH3 is 1. The number of hydrogen-bond acceptors (Lipinski definition) is 7. The Kier molecular flexibility index (Phi) is 8.69. The summed E-state index contributed by atoms with van der Waals surface area (Å²) in [4.78, 5) is 16.8. The van der Waals surface area contributed by atoms with Crippen LogP contribution in [0.1, 0.15) is 21.7 Å². The zero-order chi connectivity index (χ0) is 28.8. The molecule has 1 heterocycles. The highest BCUT2D eigenvalue weighted by molar-refractivity contribution is 6.37. The van der Waals surface area contributed by atoms with E-state index >= 15 is 0 Å². The lowest BCUT2D eigenvalue weighted by Crippen LogP contribution is -2.28. The van der Waals surface area contributed by atoms with Crippen LogP contribution in [0.5, 0.6) is 23.0 Å². The van der Waals surface area contributed by atoms with E-state index in [0.29, 0.717) is 33.6 Å². The van der Waals surface area contributed by atoms with Crippen LogP contribution in [-0.2, 0) is 13.2 Å². The molecule has 208 valence electrons.